The molecule has 0 amide bonds. The van der Waals surface area contributed by atoms with Crippen LogP contribution < -0.4 is 0 Å². The van der Waals surface area contributed by atoms with Crippen molar-refractivity contribution in [3.05, 3.63) is 0 Å². The van der Waals surface area contributed by atoms with Gasteiger partial charge in [-0.3, -0.25) is 0 Å². The van der Waals surface area contributed by atoms with Crippen LogP contribution in [0.4, 0.5) is 0 Å². The molecule has 2 nitrogen and oxygen atoms in total. The Kier molecular flexibility index (Phi) is 1.27. The largest absolute Gasteiger partial charge is 0.390 e. The first-order valence-corrected chi connectivity index (χ1v) is 6.09. The minimum absolute atomic E-state index is 0.159. The van der Waals surface area contributed by atoms with E-state index >= 15 is 0 Å². The van der Waals surface area contributed by atoms with Crippen LogP contribution in [0.2, 0.25) is 0 Å². The van der Waals surface area contributed by atoms with Crippen molar-refractivity contribution in [2.45, 2.75) is 63.3 Å². The summed E-state index contributed by atoms with van der Waals surface area (Å²) in [5.41, 5.74) is 1.03. The van der Waals surface area contributed by atoms with Crippen LogP contribution in [0.3, 0.4) is 0 Å². The topological polar surface area (TPSA) is 29.5 Å². The van der Waals surface area contributed by atoms with Crippen molar-refractivity contribution >= 4 is 0 Å². The molecule has 1 saturated heterocycles. The number of rotatable bonds is 0. The maximum atomic E-state index is 10.00. The van der Waals surface area contributed by atoms with Gasteiger partial charge in [0.1, 0.15) is 0 Å². The Morgan fingerprint density at radius 2 is 1.93 bits per heavy atom. The molecule has 1 spiro atoms. The van der Waals surface area contributed by atoms with Crippen LogP contribution in [0.5, 0.6) is 0 Å². The summed E-state index contributed by atoms with van der Waals surface area (Å²) in [6.07, 6.45) is 9.51. The Morgan fingerprint density at radius 1 is 1.07 bits per heavy atom. The number of hydrogen-bond donors (Lipinski definition) is 1. The van der Waals surface area contributed by atoms with Crippen molar-refractivity contribution < 1.29 is 9.84 Å². The molecule has 4 fully saturated rings. The van der Waals surface area contributed by atoms with Crippen LogP contribution in [0.1, 0.15) is 44.9 Å². The van der Waals surface area contributed by atoms with Crippen LogP contribution in [0, 0.1) is 10.8 Å². The van der Waals surface area contributed by atoms with Crippen LogP contribution in [0.25, 0.3) is 0 Å². The summed E-state index contributed by atoms with van der Waals surface area (Å²) in [6.45, 7) is 0. The van der Waals surface area contributed by atoms with E-state index in [9.17, 15) is 5.11 Å². The summed E-state index contributed by atoms with van der Waals surface area (Å²) in [7, 11) is 0. The van der Waals surface area contributed by atoms with Gasteiger partial charge in [-0.05, 0) is 37.5 Å². The fourth-order valence-electron chi connectivity index (χ4n) is 5.04. The van der Waals surface area contributed by atoms with Crippen molar-refractivity contribution in [2.75, 3.05) is 0 Å². The minimum Gasteiger partial charge on any atom is -0.390 e. The van der Waals surface area contributed by atoms with Gasteiger partial charge in [0.05, 0.1) is 18.3 Å². The van der Waals surface area contributed by atoms with E-state index in [1.165, 1.54) is 38.5 Å². The predicted octanol–water partition coefficient (Wildman–Crippen LogP) is 1.86. The summed E-state index contributed by atoms with van der Waals surface area (Å²) in [6, 6.07) is 0. The summed E-state index contributed by atoms with van der Waals surface area (Å²) >= 11 is 0. The zero-order valence-corrected chi connectivity index (χ0v) is 8.54. The molecule has 0 unspecified atom stereocenters. The van der Waals surface area contributed by atoms with E-state index in [-0.39, 0.29) is 12.2 Å². The van der Waals surface area contributed by atoms with Gasteiger partial charge < -0.3 is 9.84 Å². The Hall–Kier alpha value is -0.0800. The molecule has 0 aromatic heterocycles. The zero-order valence-electron chi connectivity index (χ0n) is 8.54. The Morgan fingerprint density at radius 3 is 2.86 bits per heavy atom. The monoisotopic (exact) mass is 194 g/mol. The van der Waals surface area contributed by atoms with E-state index in [0.717, 1.165) is 6.42 Å². The van der Waals surface area contributed by atoms with E-state index in [4.69, 9.17) is 4.74 Å². The first-order valence-electron chi connectivity index (χ1n) is 6.09. The average molecular weight is 194 g/mol. The van der Waals surface area contributed by atoms with Crippen LogP contribution in [0.15, 0.2) is 0 Å². The molecule has 2 heteroatoms. The van der Waals surface area contributed by atoms with Crippen molar-refractivity contribution in [1.29, 1.82) is 0 Å². The molecule has 0 aromatic carbocycles. The number of fused-ring (bicyclic) bond motifs is 1. The Labute approximate surface area is 84.6 Å². The average Bonchev–Trinajstić information content (AvgIpc) is 2.32. The second kappa shape index (κ2) is 2.19. The number of ether oxygens (including phenoxy) is 1. The zero-order chi connectivity index (χ0) is 9.39. The van der Waals surface area contributed by atoms with E-state index in [1.54, 1.807) is 0 Å². The lowest BCUT2D eigenvalue weighted by atomic mass is 9.39. The SMILES string of the molecule is O[C@@H]1C[C@]23CCCC[C@@]24C[C@H]1O[C@@H]4C3. The molecule has 4 aliphatic rings. The Bertz CT molecular complexity index is 290. The summed E-state index contributed by atoms with van der Waals surface area (Å²) in [4.78, 5) is 0. The third-order valence-electron chi connectivity index (χ3n) is 5.71. The first-order chi connectivity index (χ1) is 6.76. The maximum Gasteiger partial charge on any atom is 0.0844 e. The van der Waals surface area contributed by atoms with Crippen molar-refractivity contribution in [3.63, 3.8) is 0 Å². The van der Waals surface area contributed by atoms with Crippen LogP contribution >= 0.6 is 0 Å². The van der Waals surface area contributed by atoms with E-state index in [0.29, 0.717) is 16.9 Å². The molecular formula is C12H18O2. The highest BCUT2D eigenvalue weighted by Crippen LogP contribution is 2.75. The van der Waals surface area contributed by atoms with E-state index in [2.05, 4.69) is 0 Å². The second-order valence-electron chi connectivity index (χ2n) is 5.99. The number of aliphatic hydroxyl groups excluding tert-OH is 1. The van der Waals surface area contributed by atoms with Gasteiger partial charge in [0.2, 0.25) is 0 Å². The number of hydrogen-bond acceptors (Lipinski definition) is 2. The third kappa shape index (κ3) is 0.646. The van der Waals surface area contributed by atoms with Gasteiger partial charge in [-0.1, -0.05) is 12.8 Å². The Balaban J connectivity index is 1.80. The lowest BCUT2D eigenvalue weighted by molar-refractivity contribution is -0.182. The second-order valence-corrected chi connectivity index (χ2v) is 5.99. The highest BCUT2D eigenvalue weighted by atomic mass is 16.5. The van der Waals surface area contributed by atoms with Crippen molar-refractivity contribution in [2.24, 2.45) is 10.8 Å². The molecule has 2 bridgehead atoms. The van der Waals surface area contributed by atoms with Gasteiger partial charge in [0.15, 0.2) is 0 Å². The van der Waals surface area contributed by atoms with Gasteiger partial charge in [0, 0.05) is 5.41 Å². The molecule has 14 heavy (non-hydrogen) atoms. The van der Waals surface area contributed by atoms with Gasteiger partial charge >= 0.3 is 0 Å². The van der Waals surface area contributed by atoms with Gasteiger partial charge in [-0.2, -0.15) is 0 Å². The molecule has 3 saturated carbocycles. The molecule has 3 aliphatic carbocycles. The van der Waals surface area contributed by atoms with Crippen LogP contribution in [-0.2, 0) is 4.74 Å². The van der Waals surface area contributed by atoms with Crippen molar-refractivity contribution in [1.82, 2.24) is 0 Å². The molecule has 1 aliphatic heterocycles. The summed E-state index contributed by atoms with van der Waals surface area (Å²) < 4.78 is 5.97. The van der Waals surface area contributed by atoms with Gasteiger partial charge in [-0.25, -0.2) is 0 Å². The molecule has 4 rings (SSSR count). The van der Waals surface area contributed by atoms with Crippen LogP contribution in [-0.4, -0.2) is 23.4 Å². The first kappa shape index (κ1) is 8.12. The quantitative estimate of drug-likeness (QED) is 0.638. The maximum absolute atomic E-state index is 10.00. The molecule has 5 atom stereocenters. The molecule has 0 radical (unpaired) electrons. The fraction of sp³-hybridized carbons (Fsp3) is 1.00. The highest BCUT2D eigenvalue weighted by molar-refractivity contribution is 5.22. The normalized spacial score (nSPS) is 64.5. The molecule has 0 aromatic rings. The molecule has 1 heterocycles. The smallest absolute Gasteiger partial charge is 0.0844 e. The summed E-state index contributed by atoms with van der Waals surface area (Å²) in [5, 5.41) is 10.00. The number of aliphatic hydroxyl groups is 1. The standard InChI is InChI=1S/C12H18O2/c13-8-5-11-3-1-2-4-12(11)6-9(8)14-10(12)7-11/h8-10,13H,1-7H2/t8-,9-,10-,11+,12+/m1/s1. The van der Waals surface area contributed by atoms with E-state index < -0.39 is 0 Å². The molecule has 78 valence electrons. The lowest BCUT2D eigenvalue weighted by Crippen LogP contribution is -2.62. The fourth-order valence-corrected chi connectivity index (χ4v) is 5.04. The molecule has 1 N–H and O–H groups in total. The predicted molar refractivity (Wildman–Crippen MR) is 51.9 cm³/mol. The van der Waals surface area contributed by atoms with Crippen molar-refractivity contribution in [3.8, 4) is 0 Å². The third-order valence-corrected chi connectivity index (χ3v) is 5.71. The van der Waals surface area contributed by atoms with E-state index in [1.807, 2.05) is 0 Å². The lowest BCUT2D eigenvalue weighted by Gasteiger charge is -2.65. The molecular weight excluding hydrogens is 176 g/mol. The van der Waals surface area contributed by atoms with Gasteiger partial charge in [-0.15, -0.1) is 0 Å². The van der Waals surface area contributed by atoms with Gasteiger partial charge in [0.25, 0.3) is 0 Å². The highest BCUT2D eigenvalue weighted by Gasteiger charge is 2.73. The minimum atomic E-state index is -0.159. The summed E-state index contributed by atoms with van der Waals surface area (Å²) in [5.74, 6) is 0.